The lowest BCUT2D eigenvalue weighted by Crippen LogP contribution is -2.78. The number of halogens is 24. The van der Waals surface area contributed by atoms with E-state index in [0.717, 1.165) is 0 Å². The van der Waals surface area contributed by atoms with E-state index >= 15 is 0 Å². The minimum Gasteiger partial charge on any atom is -0.279 e. The SMILES string of the molecule is FC(F)(F)C(F)(F)C(F)(F)C(F)(F)C(F)(F)C(F)(F)C(F)(F)C(F)(F)[Si](F)(Cl)C(F)(F)C(F)(F)F. The molecule has 0 aliphatic heterocycles. The zero-order valence-electron chi connectivity index (χ0n) is 14.6. The van der Waals surface area contributed by atoms with Gasteiger partial charge >= 0.3 is 66.7 Å². The summed E-state index contributed by atoms with van der Waals surface area (Å²) >= 11 is 3.37. The Labute approximate surface area is 179 Å². The van der Waals surface area contributed by atoms with Crippen LogP contribution in [0.15, 0.2) is 0 Å². The highest BCUT2D eigenvalue weighted by atomic mass is 35.6. The third-order valence-corrected chi connectivity index (χ3v) is 7.47. The lowest BCUT2D eigenvalue weighted by Gasteiger charge is -2.44. The van der Waals surface area contributed by atoms with Crippen LogP contribution in [-0.2, 0) is 0 Å². The van der Waals surface area contributed by atoms with Crippen LogP contribution in [0.2, 0.25) is 0 Å². The molecular formula is C10ClF23Si. The van der Waals surface area contributed by atoms with Gasteiger partial charge in [-0.3, -0.25) is 4.11 Å². The summed E-state index contributed by atoms with van der Waals surface area (Å²) < 4.78 is 295. The van der Waals surface area contributed by atoms with Crippen LogP contribution < -0.4 is 0 Å². The van der Waals surface area contributed by atoms with Crippen LogP contribution in [0.25, 0.3) is 0 Å². The standard InChI is InChI=1S/C10ClF23Si/c11-35(34,10(32,33)8(27,28)29)9(30,31)6(22,23)4(18,19)2(14,15)1(12,13)3(16,17)5(20,21)7(24,25)26. The first-order valence-corrected chi connectivity index (χ1v) is 9.93. The van der Waals surface area contributed by atoms with E-state index in [9.17, 15) is 101 Å². The van der Waals surface area contributed by atoms with Crippen molar-refractivity contribution < 1.29 is 101 Å². The molecule has 0 aliphatic rings. The molecule has 35 heavy (non-hydrogen) atoms. The van der Waals surface area contributed by atoms with Gasteiger partial charge in [-0.1, -0.05) is 0 Å². The predicted molar refractivity (Wildman–Crippen MR) is 64.4 cm³/mol. The van der Waals surface area contributed by atoms with Crippen LogP contribution in [0.1, 0.15) is 0 Å². The van der Waals surface area contributed by atoms with Gasteiger partial charge in [0.25, 0.3) is 0 Å². The van der Waals surface area contributed by atoms with E-state index < -0.39 is 66.7 Å². The second kappa shape index (κ2) is 7.95. The van der Waals surface area contributed by atoms with Crippen molar-refractivity contribution in [1.82, 2.24) is 0 Å². The normalized spacial score (nSPS) is 18.5. The summed E-state index contributed by atoms with van der Waals surface area (Å²) in [5, 5.41) is 0. The molecule has 0 heterocycles. The van der Waals surface area contributed by atoms with Crippen LogP contribution in [0.3, 0.4) is 0 Å². The maximum Gasteiger partial charge on any atom is 0.502 e. The summed E-state index contributed by atoms with van der Waals surface area (Å²) in [4.78, 5) is 0. The van der Waals surface area contributed by atoms with Gasteiger partial charge in [-0.2, -0.15) is 96.6 Å². The van der Waals surface area contributed by atoms with Crippen molar-refractivity contribution in [3.63, 3.8) is 0 Å². The first-order chi connectivity index (χ1) is 14.5. The summed E-state index contributed by atoms with van der Waals surface area (Å²) in [6.07, 6.45) is -15.9. The number of rotatable bonds is 8. The smallest absolute Gasteiger partial charge is 0.279 e. The second-order valence-corrected chi connectivity index (χ2v) is 10.1. The van der Waals surface area contributed by atoms with Gasteiger partial charge in [-0.25, -0.2) is 0 Å². The van der Waals surface area contributed by atoms with E-state index in [0.29, 0.717) is 0 Å². The third-order valence-electron chi connectivity index (χ3n) is 3.87. The van der Waals surface area contributed by atoms with Crippen molar-refractivity contribution in [2.45, 2.75) is 59.0 Å². The largest absolute Gasteiger partial charge is 0.502 e. The van der Waals surface area contributed by atoms with Crippen molar-refractivity contribution in [3.8, 4) is 0 Å². The first kappa shape index (κ1) is 33.9. The Bertz CT molecular complexity index is 721. The third kappa shape index (κ3) is 3.97. The molecule has 0 nitrogen and oxygen atoms in total. The van der Waals surface area contributed by atoms with Crippen molar-refractivity contribution in [3.05, 3.63) is 0 Å². The molecule has 0 bridgehead atoms. The van der Waals surface area contributed by atoms with E-state index in [-0.39, 0.29) is 0 Å². The molecule has 0 rings (SSSR count). The highest BCUT2D eigenvalue weighted by molar-refractivity contribution is 7.19. The molecule has 0 aromatic carbocycles. The molecule has 0 aliphatic carbocycles. The van der Waals surface area contributed by atoms with Gasteiger partial charge in [0.1, 0.15) is 0 Å². The lowest BCUT2D eigenvalue weighted by atomic mass is 9.91. The average Bonchev–Trinajstić information content (AvgIpc) is 2.58. The Balaban J connectivity index is 7.15. The van der Waals surface area contributed by atoms with Gasteiger partial charge in [-0.15, -0.1) is 11.1 Å². The van der Waals surface area contributed by atoms with E-state index in [1.807, 2.05) is 0 Å². The highest BCUT2D eigenvalue weighted by Crippen LogP contribution is 2.66. The molecule has 1 atom stereocenters. The van der Waals surface area contributed by atoms with Gasteiger partial charge in [0.15, 0.2) is 0 Å². The zero-order chi connectivity index (χ0) is 29.5. The molecule has 1 unspecified atom stereocenters. The molecule has 0 radical (unpaired) electrons. The van der Waals surface area contributed by atoms with Gasteiger partial charge in [0.05, 0.1) is 0 Å². The molecule has 0 saturated heterocycles. The number of hydrogen-bond donors (Lipinski definition) is 0. The predicted octanol–water partition coefficient (Wildman–Crippen LogP) is 7.92. The van der Waals surface area contributed by atoms with Gasteiger partial charge in [-0.05, 0) is 0 Å². The molecule has 0 aromatic heterocycles. The van der Waals surface area contributed by atoms with Crippen molar-refractivity contribution in [1.29, 1.82) is 0 Å². The van der Waals surface area contributed by atoms with E-state index in [1.165, 1.54) is 0 Å². The number of alkyl halides is 22. The minimum absolute atomic E-state index is 3.37. The summed E-state index contributed by atoms with van der Waals surface area (Å²) in [6, 6.07) is 0. The maximum atomic E-state index is 13.5. The van der Waals surface area contributed by atoms with Crippen LogP contribution in [-0.4, -0.2) is 66.7 Å². The summed E-state index contributed by atoms with van der Waals surface area (Å²) in [5.74, 6) is -54.3. The minimum atomic E-state index is -9.93. The quantitative estimate of drug-likeness (QED) is 0.147. The topological polar surface area (TPSA) is 0 Å². The van der Waals surface area contributed by atoms with Crippen molar-refractivity contribution in [2.75, 3.05) is 0 Å². The molecule has 0 saturated carbocycles. The van der Waals surface area contributed by atoms with Gasteiger partial charge < -0.3 is 0 Å². The lowest BCUT2D eigenvalue weighted by molar-refractivity contribution is -0.459. The Kier molecular flexibility index (Phi) is 7.70. The van der Waals surface area contributed by atoms with Crippen LogP contribution in [0.5, 0.6) is 0 Å². The fourth-order valence-electron chi connectivity index (χ4n) is 1.74. The molecule has 212 valence electrons. The molecule has 0 amide bonds. The molecule has 0 spiro atoms. The Morgan fingerprint density at radius 1 is 0.314 bits per heavy atom. The van der Waals surface area contributed by atoms with E-state index in [1.54, 1.807) is 0 Å². The summed E-state index contributed by atoms with van der Waals surface area (Å²) in [5.41, 5.74) is -16.7. The van der Waals surface area contributed by atoms with Crippen molar-refractivity contribution >= 4 is 18.8 Å². The first-order valence-electron chi connectivity index (χ1n) is 7.04. The fraction of sp³-hybridized carbons (Fsp3) is 1.00. The number of hydrogen-bond acceptors (Lipinski definition) is 0. The van der Waals surface area contributed by atoms with Crippen LogP contribution >= 0.6 is 11.1 Å². The molecule has 0 N–H and O–H groups in total. The van der Waals surface area contributed by atoms with E-state index in [2.05, 4.69) is 11.1 Å². The van der Waals surface area contributed by atoms with E-state index in [4.69, 9.17) is 0 Å². The Morgan fingerprint density at radius 3 is 0.771 bits per heavy atom. The van der Waals surface area contributed by atoms with Gasteiger partial charge in [0.2, 0.25) is 0 Å². The zero-order valence-corrected chi connectivity index (χ0v) is 16.3. The molecular weight excluding hydrogens is 621 g/mol. The highest BCUT2D eigenvalue weighted by Gasteiger charge is 2.99. The van der Waals surface area contributed by atoms with Crippen molar-refractivity contribution in [2.24, 2.45) is 0 Å². The Morgan fingerprint density at radius 2 is 0.543 bits per heavy atom. The van der Waals surface area contributed by atoms with Gasteiger partial charge in [0, 0.05) is 0 Å². The maximum absolute atomic E-state index is 13.5. The fourth-order valence-corrected chi connectivity index (χ4v) is 3.72. The Hall–Kier alpha value is -1.10. The molecule has 25 heteroatoms. The molecule has 0 aromatic rings. The monoisotopic (exact) mass is 620 g/mol. The van der Waals surface area contributed by atoms with Crippen LogP contribution in [0.4, 0.5) is 101 Å². The second-order valence-electron chi connectivity index (χ2n) is 6.17. The van der Waals surface area contributed by atoms with Crippen LogP contribution in [0, 0.1) is 0 Å². The summed E-state index contributed by atoms with van der Waals surface area (Å²) in [7, 11) is -9.93. The summed E-state index contributed by atoms with van der Waals surface area (Å²) in [6.45, 7) is 0. The average molecular weight is 621 g/mol. The molecule has 0 fully saturated rings.